The lowest BCUT2D eigenvalue weighted by Crippen LogP contribution is -2.21. The van der Waals surface area contributed by atoms with E-state index in [-0.39, 0.29) is 4.93 Å². The van der Waals surface area contributed by atoms with Crippen LogP contribution in [0.3, 0.4) is 0 Å². The summed E-state index contributed by atoms with van der Waals surface area (Å²) in [5, 5.41) is 0.896. The van der Waals surface area contributed by atoms with Crippen LogP contribution in [0, 0.1) is 0 Å². The molecule has 1 aliphatic heterocycles. The fourth-order valence-corrected chi connectivity index (χ4v) is 3.89. The molecule has 1 saturated heterocycles. The van der Waals surface area contributed by atoms with Gasteiger partial charge in [-0.1, -0.05) is 12.8 Å². The second-order valence-corrected chi connectivity index (χ2v) is 5.88. The van der Waals surface area contributed by atoms with E-state index in [0.29, 0.717) is 0 Å². The van der Waals surface area contributed by atoms with Crippen LogP contribution in [0.2, 0.25) is 0 Å². The van der Waals surface area contributed by atoms with E-state index in [4.69, 9.17) is 4.74 Å². The van der Waals surface area contributed by atoms with E-state index in [0.717, 1.165) is 11.9 Å². The number of hydrogen-bond donors (Lipinski definition) is 0. The van der Waals surface area contributed by atoms with Crippen LogP contribution in [-0.4, -0.2) is 16.8 Å². The quantitative estimate of drug-likeness (QED) is 0.655. The van der Waals surface area contributed by atoms with Gasteiger partial charge < -0.3 is 4.74 Å². The summed E-state index contributed by atoms with van der Waals surface area (Å²) in [7, 11) is 0. The summed E-state index contributed by atoms with van der Waals surface area (Å²) in [5.74, 6) is 0. The summed E-state index contributed by atoms with van der Waals surface area (Å²) >= 11 is 2.09. The fraction of sp³-hybridized carbons (Fsp3) is 1.00. The molecule has 0 spiro atoms. The highest BCUT2D eigenvalue weighted by Crippen LogP contribution is 2.43. The molecule has 1 unspecified atom stereocenters. The van der Waals surface area contributed by atoms with Crippen LogP contribution in [0.25, 0.3) is 0 Å². The lowest BCUT2D eigenvalue weighted by molar-refractivity contribution is 0.0965. The Kier molecular flexibility index (Phi) is 2.66. The molecule has 0 radical (unpaired) electrons. The first-order valence-electron chi connectivity index (χ1n) is 5.10. The molecule has 1 saturated carbocycles. The topological polar surface area (TPSA) is 9.23 Å². The standard InChI is InChI=1S/C10H18OS/c1-10(7-4-8-11-10)12-9-5-2-3-6-9/h9H,2-8H2,1H3. The molecular formula is C10H18OS. The van der Waals surface area contributed by atoms with Crippen LogP contribution >= 0.6 is 11.8 Å². The first-order valence-corrected chi connectivity index (χ1v) is 5.98. The molecule has 2 heteroatoms. The van der Waals surface area contributed by atoms with Gasteiger partial charge in [0.1, 0.15) is 4.93 Å². The van der Waals surface area contributed by atoms with Crippen molar-refractivity contribution in [3.05, 3.63) is 0 Å². The minimum absolute atomic E-state index is 0.176. The fourth-order valence-electron chi connectivity index (χ4n) is 2.21. The Bertz CT molecular complexity index is 146. The van der Waals surface area contributed by atoms with Gasteiger partial charge in [-0.2, -0.15) is 0 Å². The van der Waals surface area contributed by atoms with Crippen molar-refractivity contribution in [2.75, 3.05) is 6.61 Å². The Balaban J connectivity index is 1.83. The van der Waals surface area contributed by atoms with Crippen molar-refractivity contribution < 1.29 is 4.74 Å². The van der Waals surface area contributed by atoms with E-state index >= 15 is 0 Å². The largest absolute Gasteiger partial charge is 0.365 e. The maximum Gasteiger partial charge on any atom is 0.111 e. The Morgan fingerprint density at radius 2 is 2.00 bits per heavy atom. The lowest BCUT2D eigenvalue weighted by Gasteiger charge is -2.25. The Morgan fingerprint density at radius 1 is 1.25 bits per heavy atom. The zero-order chi connectivity index (χ0) is 8.44. The lowest BCUT2D eigenvalue weighted by atomic mass is 10.3. The number of hydrogen-bond acceptors (Lipinski definition) is 2. The van der Waals surface area contributed by atoms with Crippen molar-refractivity contribution in [3.8, 4) is 0 Å². The molecule has 0 aromatic rings. The Labute approximate surface area is 79.2 Å². The van der Waals surface area contributed by atoms with E-state index in [9.17, 15) is 0 Å². The monoisotopic (exact) mass is 186 g/mol. The van der Waals surface area contributed by atoms with Crippen LogP contribution < -0.4 is 0 Å². The summed E-state index contributed by atoms with van der Waals surface area (Å²) in [6, 6.07) is 0. The minimum Gasteiger partial charge on any atom is -0.365 e. The Morgan fingerprint density at radius 3 is 2.58 bits per heavy atom. The van der Waals surface area contributed by atoms with Crippen LogP contribution in [0.4, 0.5) is 0 Å². The van der Waals surface area contributed by atoms with Crippen molar-refractivity contribution in [1.82, 2.24) is 0 Å². The van der Waals surface area contributed by atoms with Crippen LogP contribution in [0.5, 0.6) is 0 Å². The average Bonchev–Trinajstić information content (AvgIpc) is 2.62. The van der Waals surface area contributed by atoms with Crippen molar-refractivity contribution in [2.45, 2.75) is 55.6 Å². The molecule has 0 aromatic carbocycles. The SMILES string of the molecule is CC1(SC2CCCC2)CCCO1. The maximum absolute atomic E-state index is 5.77. The van der Waals surface area contributed by atoms with E-state index < -0.39 is 0 Å². The van der Waals surface area contributed by atoms with Crippen molar-refractivity contribution in [2.24, 2.45) is 0 Å². The van der Waals surface area contributed by atoms with Gasteiger partial charge >= 0.3 is 0 Å². The molecule has 1 heterocycles. The Hall–Kier alpha value is 0.310. The zero-order valence-electron chi connectivity index (χ0n) is 7.84. The van der Waals surface area contributed by atoms with Crippen LogP contribution in [0.15, 0.2) is 0 Å². The molecule has 0 N–H and O–H groups in total. The van der Waals surface area contributed by atoms with Crippen molar-refractivity contribution in [1.29, 1.82) is 0 Å². The van der Waals surface area contributed by atoms with Gasteiger partial charge in [-0.25, -0.2) is 0 Å². The summed E-state index contributed by atoms with van der Waals surface area (Å²) in [6.45, 7) is 3.25. The number of thioether (sulfide) groups is 1. The van der Waals surface area contributed by atoms with Gasteiger partial charge in [0.2, 0.25) is 0 Å². The molecule has 2 aliphatic rings. The van der Waals surface area contributed by atoms with Crippen LogP contribution in [0.1, 0.15) is 45.4 Å². The third-order valence-corrected chi connectivity index (χ3v) is 4.53. The molecule has 1 aliphatic carbocycles. The molecular weight excluding hydrogens is 168 g/mol. The summed E-state index contributed by atoms with van der Waals surface area (Å²) in [5.41, 5.74) is 0. The first-order chi connectivity index (χ1) is 5.79. The predicted molar refractivity (Wildman–Crippen MR) is 53.4 cm³/mol. The van der Waals surface area contributed by atoms with Gasteiger partial charge in [0, 0.05) is 11.9 Å². The van der Waals surface area contributed by atoms with Gasteiger partial charge in [0.25, 0.3) is 0 Å². The van der Waals surface area contributed by atoms with Gasteiger partial charge in [-0.05, 0) is 32.6 Å². The minimum atomic E-state index is 0.176. The highest BCUT2D eigenvalue weighted by atomic mass is 32.2. The molecule has 2 rings (SSSR count). The molecule has 1 nitrogen and oxygen atoms in total. The average molecular weight is 186 g/mol. The van der Waals surface area contributed by atoms with E-state index in [2.05, 4.69) is 18.7 Å². The molecule has 1 atom stereocenters. The second kappa shape index (κ2) is 3.59. The van der Waals surface area contributed by atoms with Gasteiger partial charge in [-0.15, -0.1) is 11.8 Å². The van der Waals surface area contributed by atoms with Gasteiger partial charge in [0.15, 0.2) is 0 Å². The van der Waals surface area contributed by atoms with Crippen molar-refractivity contribution >= 4 is 11.8 Å². The molecule has 70 valence electrons. The number of rotatable bonds is 2. The molecule has 2 fully saturated rings. The third kappa shape index (κ3) is 1.97. The highest BCUT2D eigenvalue weighted by Gasteiger charge is 2.34. The second-order valence-electron chi connectivity index (χ2n) is 4.11. The zero-order valence-corrected chi connectivity index (χ0v) is 8.66. The molecule has 0 amide bonds. The van der Waals surface area contributed by atoms with E-state index in [1.54, 1.807) is 0 Å². The normalized spacial score (nSPS) is 37.8. The molecule has 12 heavy (non-hydrogen) atoms. The first kappa shape index (κ1) is 8.89. The smallest absolute Gasteiger partial charge is 0.111 e. The third-order valence-electron chi connectivity index (χ3n) is 2.90. The molecule has 0 aromatic heterocycles. The predicted octanol–water partition coefficient (Wildman–Crippen LogP) is 3.19. The number of ether oxygens (including phenoxy) is 1. The van der Waals surface area contributed by atoms with Crippen LogP contribution in [-0.2, 0) is 4.74 Å². The van der Waals surface area contributed by atoms with E-state index in [1.165, 1.54) is 38.5 Å². The van der Waals surface area contributed by atoms with Crippen molar-refractivity contribution in [3.63, 3.8) is 0 Å². The van der Waals surface area contributed by atoms with Gasteiger partial charge in [0.05, 0.1) is 0 Å². The highest BCUT2D eigenvalue weighted by molar-refractivity contribution is 8.01. The summed E-state index contributed by atoms with van der Waals surface area (Å²) < 4.78 is 5.77. The summed E-state index contributed by atoms with van der Waals surface area (Å²) in [6.07, 6.45) is 8.24. The maximum atomic E-state index is 5.77. The van der Waals surface area contributed by atoms with E-state index in [1.807, 2.05) is 0 Å². The summed E-state index contributed by atoms with van der Waals surface area (Å²) in [4.78, 5) is 0.176. The van der Waals surface area contributed by atoms with Gasteiger partial charge in [-0.3, -0.25) is 0 Å². The molecule has 0 bridgehead atoms.